The van der Waals surface area contributed by atoms with E-state index in [9.17, 15) is 13.6 Å². The van der Waals surface area contributed by atoms with E-state index in [1.807, 2.05) is 0 Å². The zero-order chi connectivity index (χ0) is 12.4. The van der Waals surface area contributed by atoms with Crippen LogP contribution in [0.25, 0.3) is 0 Å². The highest BCUT2D eigenvalue weighted by molar-refractivity contribution is 7.10. The van der Waals surface area contributed by atoms with Crippen LogP contribution in [0.4, 0.5) is 8.78 Å². The van der Waals surface area contributed by atoms with Gasteiger partial charge in [-0.25, -0.2) is 8.78 Å². The second-order valence-corrected chi connectivity index (χ2v) is 5.30. The maximum Gasteiger partial charge on any atom is 0.304 e. The smallest absolute Gasteiger partial charge is 0.304 e. The van der Waals surface area contributed by atoms with Crippen LogP contribution < -0.4 is 0 Å². The molecule has 0 aliphatic heterocycles. The molecular formula is C12H14F2O2S. The number of aliphatic carboxylic acids is 1. The summed E-state index contributed by atoms with van der Waals surface area (Å²) in [4.78, 5) is 11.8. The fraction of sp³-hybridized carbons (Fsp3) is 0.583. The van der Waals surface area contributed by atoms with Crippen molar-refractivity contribution in [2.24, 2.45) is 0 Å². The number of alkyl halides is 2. The number of halogens is 2. The third-order valence-corrected chi connectivity index (χ3v) is 4.30. The van der Waals surface area contributed by atoms with Gasteiger partial charge in [0.2, 0.25) is 6.43 Å². The maximum absolute atomic E-state index is 12.9. The van der Waals surface area contributed by atoms with Crippen molar-refractivity contribution in [3.05, 3.63) is 21.4 Å². The number of hydrogen-bond acceptors (Lipinski definition) is 2. The topological polar surface area (TPSA) is 37.3 Å². The summed E-state index contributed by atoms with van der Waals surface area (Å²) in [5.74, 6) is -2.31. The Hall–Kier alpha value is -0.970. The Morgan fingerprint density at radius 2 is 2.12 bits per heavy atom. The molecule has 0 fully saturated rings. The predicted octanol–water partition coefficient (Wildman–Crippen LogP) is 3.45. The maximum atomic E-state index is 12.9. The Kier molecular flexibility index (Phi) is 3.76. The summed E-state index contributed by atoms with van der Waals surface area (Å²) >= 11 is 1.50. The first-order valence-electron chi connectivity index (χ1n) is 5.68. The molecular weight excluding hydrogens is 246 g/mol. The Morgan fingerprint density at radius 1 is 1.41 bits per heavy atom. The third kappa shape index (κ3) is 2.65. The van der Waals surface area contributed by atoms with Crippen molar-refractivity contribution in [1.29, 1.82) is 0 Å². The Labute approximate surface area is 102 Å². The molecule has 1 unspecified atom stereocenters. The van der Waals surface area contributed by atoms with Crippen LogP contribution in [0.1, 0.15) is 41.2 Å². The van der Waals surface area contributed by atoms with Gasteiger partial charge in [0, 0.05) is 4.88 Å². The summed E-state index contributed by atoms with van der Waals surface area (Å²) in [5, 5.41) is 10.4. The molecule has 94 valence electrons. The number of aryl methyl sites for hydroxylation is 1. The highest BCUT2D eigenvalue weighted by atomic mass is 32.1. The molecule has 0 amide bonds. The van der Waals surface area contributed by atoms with Gasteiger partial charge in [0.1, 0.15) is 0 Å². The predicted molar refractivity (Wildman–Crippen MR) is 62.0 cm³/mol. The lowest BCUT2D eigenvalue weighted by atomic mass is 9.88. The first-order chi connectivity index (χ1) is 8.09. The second kappa shape index (κ2) is 5.12. The summed E-state index contributed by atoms with van der Waals surface area (Å²) in [6.07, 6.45) is 0.790. The number of hydrogen-bond donors (Lipinski definition) is 1. The van der Waals surface area contributed by atoms with Gasteiger partial charge < -0.3 is 5.11 Å². The molecule has 0 saturated heterocycles. The number of fused-ring (bicyclic) bond motifs is 1. The van der Waals surface area contributed by atoms with Gasteiger partial charge in [-0.1, -0.05) is 0 Å². The third-order valence-electron chi connectivity index (χ3n) is 3.19. The highest BCUT2D eigenvalue weighted by Crippen LogP contribution is 2.38. The van der Waals surface area contributed by atoms with E-state index in [1.54, 1.807) is 5.38 Å². The van der Waals surface area contributed by atoms with Gasteiger partial charge in [-0.15, -0.1) is 11.3 Å². The van der Waals surface area contributed by atoms with Crippen LogP contribution in [0.5, 0.6) is 0 Å². The van der Waals surface area contributed by atoms with E-state index in [2.05, 4.69) is 0 Å². The van der Waals surface area contributed by atoms with Crippen LogP contribution in [0.2, 0.25) is 0 Å². The first-order valence-corrected chi connectivity index (χ1v) is 6.56. The van der Waals surface area contributed by atoms with E-state index in [0.29, 0.717) is 5.56 Å². The fourth-order valence-corrected chi connectivity index (χ4v) is 3.56. The minimum absolute atomic E-state index is 0.485. The zero-order valence-corrected chi connectivity index (χ0v) is 10.1. The molecule has 1 atom stereocenters. The normalized spacial score (nSPS) is 16.9. The van der Waals surface area contributed by atoms with Crippen LogP contribution in [0.15, 0.2) is 5.38 Å². The molecule has 17 heavy (non-hydrogen) atoms. The number of thiophene rings is 1. The minimum Gasteiger partial charge on any atom is -0.481 e. The van der Waals surface area contributed by atoms with E-state index in [-0.39, 0.29) is 0 Å². The van der Waals surface area contributed by atoms with Gasteiger partial charge in [0.25, 0.3) is 0 Å². The average Bonchev–Trinajstić information content (AvgIpc) is 2.69. The Balaban J connectivity index is 2.29. The molecule has 1 aromatic heterocycles. The van der Waals surface area contributed by atoms with Crippen molar-refractivity contribution < 1.29 is 18.7 Å². The van der Waals surface area contributed by atoms with Crippen molar-refractivity contribution in [3.8, 4) is 0 Å². The van der Waals surface area contributed by atoms with Crippen molar-refractivity contribution in [1.82, 2.24) is 0 Å². The molecule has 1 N–H and O–H groups in total. The molecule has 1 heterocycles. The highest BCUT2D eigenvalue weighted by Gasteiger charge is 2.30. The lowest BCUT2D eigenvalue weighted by Crippen LogP contribution is -2.16. The molecule has 0 spiro atoms. The van der Waals surface area contributed by atoms with E-state index in [0.717, 1.165) is 31.2 Å². The molecule has 1 aliphatic rings. The van der Waals surface area contributed by atoms with Crippen molar-refractivity contribution in [2.45, 2.75) is 44.4 Å². The van der Waals surface area contributed by atoms with Gasteiger partial charge in [0.15, 0.2) is 0 Å². The summed E-state index contributed by atoms with van der Waals surface area (Å²) < 4.78 is 25.9. The van der Waals surface area contributed by atoms with Crippen LogP contribution in [-0.2, 0) is 17.6 Å². The Bertz CT molecular complexity index is 415. The lowest BCUT2D eigenvalue weighted by molar-refractivity contribution is -0.138. The first kappa shape index (κ1) is 12.5. The van der Waals surface area contributed by atoms with Gasteiger partial charge >= 0.3 is 5.97 Å². The van der Waals surface area contributed by atoms with Crippen LogP contribution in [0, 0.1) is 0 Å². The molecule has 0 saturated carbocycles. The van der Waals surface area contributed by atoms with Crippen LogP contribution >= 0.6 is 11.3 Å². The molecule has 5 heteroatoms. The number of carboxylic acids is 1. The SMILES string of the molecule is O=C(O)CC(c1csc2c1CCCC2)C(F)F. The largest absolute Gasteiger partial charge is 0.481 e. The van der Waals surface area contributed by atoms with E-state index >= 15 is 0 Å². The number of rotatable bonds is 4. The molecule has 0 bridgehead atoms. The summed E-state index contributed by atoms with van der Waals surface area (Å²) in [6, 6.07) is 0. The molecule has 1 aromatic rings. The van der Waals surface area contributed by atoms with Gasteiger partial charge in [0.05, 0.1) is 12.3 Å². The van der Waals surface area contributed by atoms with Gasteiger partial charge in [-0.2, -0.15) is 0 Å². The van der Waals surface area contributed by atoms with Gasteiger partial charge in [-0.05, 0) is 42.2 Å². The molecule has 2 nitrogen and oxygen atoms in total. The zero-order valence-electron chi connectivity index (χ0n) is 9.29. The molecule has 0 aromatic carbocycles. The molecule has 0 radical (unpaired) electrons. The van der Waals surface area contributed by atoms with E-state index < -0.39 is 24.7 Å². The van der Waals surface area contributed by atoms with Crippen molar-refractivity contribution >= 4 is 17.3 Å². The fourth-order valence-electron chi connectivity index (χ4n) is 2.35. The number of carbonyl (C=O) groups is 1. The average molecular weight is 260 g/mol. The second-order valence-electron chi connectivity index (χ2n) is 4.34. The summed E-state index contributed by atoms with van der Waals surface area (Å²) in [5.41, 5.74) is 1.56. The van der Waals surface area contributed by atoms with Crippen molar-refractivity contribution in [2.75, 3.05) is 0 Å². The summed E-state index contributed by atoms with van der Waals surface area (Å²) in [7, 11) is 0. The Morgan fingerprint density at radius 3 is 2.76 bits per heavy atom. The van der Waals surface area contributed by atoms with Gasteiger partial charge in [-0.3, -0.25) is 4.79 Å². The van der Waals surface area contributed by atoms with Crippen LogP contribution in [0.3, 0.4) is 0 Å². The lowest BCUT2D eigenvalue weighted by Gasteiger charge is -2.18. The summed E-state index contributed by atoms with van der Waals surface area (Å²) in [6.45, 7) is 0. The van der Waals surface area contributed by atoms with Crippen LogP contribution in [-0.4, -0.2) is 17.5 Å². The monoisotopic (exact) mass is 260 g/mol. The molecule has 1 aliphatic carbocycles. The van der Waals surface area contributed by atoms with Crippen molar-refractivity contribution in [3.63, 3.8) is 0 Å². The quantitative estimate of drug-likeness (QED) is 0.900. The minimum atomic E-state index is -2.60. The number of carboxylic acid groups (broad SMARTS) is 1. The van der Waals surface area contributed by atoms with E-state index in [1.165, 1.54) is 16.2 Å². The standard InChI is InChI=1S/C12H14F2O2S/c13-12(14)8(5-11(15)16)9-6-17-10-4-2-1-3-7(9)10/h6,8,12H,1-5H2,(H,15,16). The van der Waals surface area contributed by atoms with E-state index in [4.69, 9.17) is 5.11 Å². The molecule has 2 rings (SSSR count).